The van der Waals surface area contributed by atoms with Gasteiger partial charge in [0.2, 0.25) is 0 Å². The van der Waals surface area contributed by atoms with Crippen molar-refractivity contribution >= 4 is 9.98 Å². The summed E-state index contributed by atoms with van der Waals surface area (Å²) in [4.78, 5) is 0. The summed E-state index contributed by atoms with van der Waals surface area (Å²) in [5, 5.41) is 28.9. The Morgan fingerprint density at radius 3 is 1.37 bits per heavy atom. The van der Waals surface area contributed by atoms with Gasteiger partial charge in [-0.3, -0.25) is 18.2 Å². The molecule has 227 valence electrons. The number of rotatable bonds is 8. The van der Waals surface area contributed by atoms with Gasteiger partial charge in [0.1, 0.15) is 0 Å². The molecule has 3 saturated heterocycles. The van der Waals surface area contributed by atoms with E-state index in [1.807, 2.05) is 13.8 Å². The Morgan fingerprint density at radius 2 is 1.14 bits per heavy atom. The van der Waals surface area contributed by atoms with E-state index in [2.05, 4.69) is 19.3 Å². The van der Waals surface area contributed by atoms with E-state index < -0.39 is 22.6 Å². The molecule has 18 heteroatoms. The van der Waals surface area contributed by atoms with Gasteiger partial charge in [0.05, 0.1) is 13.2 Å². The summed E-state index contributed by atoms with van der Waals surface area (Å²) >= 11 is 0. The van der Waals surface area contributed by atoms with Crippen LogP contribution in [0.2, 0.25) is 0 Å². The van der Waals surface area contributed by atoms with Crippen LogP contribution < -0.4 is 0 Å². The van der Waals surface area contributed by atoms with Crippen molar-refractivity contribution in [1.82, 2.24) is 0 Å². The smallest absolute Gasteiger partial charge is 0.693 e. The van der Waals surface area contributed by atoms with Crippen LogP contribution in [-0.4, -0.2) is 80.4 Å². The van der Waals surface area contributed by atoms with E-state index in [1.54, 1.807) is 0 Å². The molecule has 0 saturated carbocycles. The molecular weight excluding hydrogens is 593 g/mol. The summed E-state index contributed by atoms with van der Waals surface area (Å²) in [6.07, 6.45) is 2.45. The van der Waals surface area contributed by atoms with Gasteiger partial charge >= 0.3 is 17.1 Å². The third kappa shape index (κ3) is 17.8. The summed E-state index contributed by atoms with van der Waals surface area (Å²) in [6.45, 7) is 7.98. The maximum absolute atomic E-state index is 10.1. The molecule has 3 fully saturated rings. The monoisotopic (exact) mass is 634 g/mol. The first-order valence-electron chi connectivity index (χ1n) is 10.1. The number of aliphatic hydroxyl groups is 2. The average Bonchev–Trinajstić information content (AvgIpc) is 3.28. The van der Waals surface area contributed by atoms with E-state index in [1.165, 1.54) is 0 Å². The van der Waals surface area contributed by atoms with Crippen LogP contribution >= 0.6 is 9.98 Å². The Balaban J connectivity index is -0.000000349. The number of hydrogen-bond donors (Lipinski definition) is 6. The van der Waals surface area contributed by atoms with Crippen molar-refractivity contribution in [2.75, 3.05) is 39.4 Å². The number of aliphatic hydroxyl groups excluding tert-OH is 2. The van der Waals surface area contributed by atoms with Gasteiger partial charge in [0, 0.05) is 22.5 Å². The molecule has 0 aromatic heterocycles. The van der Waals surface area contributed by atoms with Crippen molar-refractivity contribution in [3.8, 4) is 0 Å². The molecule has 3 aliphatic heterocycles. The Kier molecular flexibility index (Phi) is 19.6. The second-order valence-electron chi connectivity index (χ2n) is 8.92. The average molecular weight is 636 g/mol. The van der Waals surface area contributed by atoms with Crippen LogP contribution in [-0.2, 0) is 52.3 Å². The first-order chi connectivity index (χ1) is 13.7. The molecule has 3 aliphatic rings. The van der Waals surface area contributed by atoms with E-state index in [0.29, 0.717) is 26.3 Å². The largest absolute Gasteiger partial charge is 1.00 e. The minimum atomic E-state index is -6.22. The van der Waals surface area contributed by atoms with Gasteiger partial charge in [0.25, 0.3) is 9.98 Å². The summed E-state index contributed by atoms with van der Waals surface area (Å²) < 4.78 is 49.1. The van der Waals surface area contributed by atoms with Gasteiger partial charge < -0.3 is 48.8 Å². The van der Waals surface area contributed by atoms with Crippen molar-refractivity contribution in [2.45, 2.75) is 52.1 Å². The van der Waals surface area contributed by atoms with E-state index in [4.69, 9.17) is 27.7 Å². The maximum Gasteiger partial charge on any atom is 1.00 e. The van der Waals surface area contributed by atoms with Crippen LogP contribution in [0.4, 0.5) is 0 Å². The van der Waals surface area contributed by atoms with Gasteiger partial charge in [-0.05, 0) is 24.7 Å². The van der Waals surface area contributed by atoms with Gasteiger partial charge in [0.15, 0.2) is 12.6 Å². The number of nitrogens with zero attached hydrogens (tertiary/aromatic N) is 2. The second-order valence-corrected chi connectivity index (χ2v) is 11.5. The molecule has 0 aromatic carbocycles. The third-order valence-corrected chi connectivity index (χ3v) is 5.54. The third-order valence-electron chi connectivity index (χ3n) is 4.92. The standard InChI is InChI=1S/C17H32N2O4.2Cu.3H2N.H4O6S/c1-17(2,11-22-15(20)13-5-3-7-18-9-13)12-23-16(21)14-6-4-8-19-10-14;;;;;;1-7(2,3,4)5-6-7/h13-16,20-21H,3-12H2,1-2H3;;;3*1H2;1-4H/q-2;;+1;3*-1;. The Labute approximate surface area is 228 Å². The second kappa shape index (κ2) is 16.0. The minimum Gasteiger partial charge on any atom is -0.693 e. The van der Waals surface area contributed by atoms with Crippen molar-refractivity contribution < 1.29 is 80.7 Å². The molecule has 15 nitrogen and oxygen atoms in total. The van der Waals surface area contributed by atoms with Crippen molar-refractivity contribution in [3.63, 3.8) is 0 Å². The molecule has 0 amide bonds. The summed E-state index contributed by atoms with van der Waals surface area (Å²) in [7, 11) is -6.22. The van der Waals surface area contributed by atoms with Crippen molar-refractivity contribution in [2.24, 2.45) is 17.3 Å². The Bertz CT molecular complexity index is 526. The summed E-state index contributed by atoms with van der Waals surface area (Å²) in [6, 6.07) is 0. The molecule has 0 bridgehead atoms. The van der Waals surface area contributed by atoms with Crippen LogP contribution in [0.3, 0.4) is 0 Å². The predicted octanol–water partition coefficient (Wildman–Crippen LogP) is 4.94. The summed E-state index contributed by atoms with van der Waals surface area (Å²) in [5.74, 6) is 0.213. The molecule has 3 heterocycles. The zero-order valence-corrected chi connectivity index (χ0v) is 22.5. The molecule has 12 N–H and O–H groups in total. The van der Waals surface area contributed by atoms with Gasteiger partial charge in [-0.2, -0.15) is 0 Å². The van der Waals surface area contributed by atoms with Crippen LogP contribution in [0.1, 0.15) is 39.5 Å². The molecule has 4 atom stereocenters. The first kappa shape index (κ1) is 42.9. The first-order valence-corrected chi connectivity index (χ1v) is 12.2. The zero-order valence-electron chi connectivity index (χ0n) is 19.8. The minimum absolute atomic E-state index is 0. The molecule has 35 heavy (non-hydrogen) atoms. The molecule has 4 unspecified atom stereocenters. The fourth-order valence-corrected chi connectivity index (χ4v) is 3.48. The van der Waals surface area contributed by atoms with Crippen LogP contribution in [0.5, 0.6) is 0 Å². The van der Waals surface area contributed by atoms with E-state index in [0.717, 1.165) is 38.8 Å². The van der Waals surface area contributed by atoms with E-state index >= 15 is 0 Å². The maximum atomic E-state index is 10.1. The normalized spacial score (nSPS) is 29.1. The summed E-state index contributed by atoms with van der Waals surface area (Å²) in [5.41, 5.74) is -0.264. The van der Waals surface area contributed by atoms with Crippen LogP contribution in [0, 0.1) is 17.3 Å². The topological polar surface area (TPSA) is 294 Å². The fourth-order valence-electron chi connectivity index (χ4n) is 3.08. The quantitative estimate of drug-likeness (QED) is 0.0902. The van der Waals surface area contributed by atoms with Crippen molar-refractivity contribution in [3.05, 3.63) is 29.1 Å². The number of piperidine rings is 2. The van der Waals surface area contributed by atoms with E-state index in [-0.39, 0.29) is 69.8 Å². The number of nitrogens with two attached hydrogens (primary N) is 3. The SMILES string of the molecule is CC(C)(COC(O)C1CCC[N-]C1)COC(O)C1CCC[N-]C1.OS1(O)(O)(O)OO1.[Cu+].[Cu].[NH2-].[NH2-].[NH2-]. The molecule has 0 spiro atoms. The molecule has 3 rings (SSSR count). The molecular formula is C17H42Cu2N5O10S-4. The van der Waals surface area contributed by atoms with Crippen molar-refractivity contribution in [1.29, 1.82) is 0 Å². The number of ether oxygens (including phenoxy) is 2. The van der Waals surface area contributed by atoms with Crippen LogP contribution in [0.25, 0.3) is 29.1 Å². The van der Waals surface area contributed by atoms with E-state index in [9.17, 15) is 10.2 Å². The zero-order chi connectivity index (χ0) is 22.5. The number of hydrogen-bond acceptors (Lipinski definition) is 10. The predicted molar refractivity (Wildman–Crippen MR) is 125 cm³/mol. The molecule has 0 aromatic rings. The molecule has 0 aliphatic carbocycles. The Morgan fingerprint density at radius 1 is 0.829 bits per heavy atom. The Hall–Kier alpha value is 0.789. The van der Waals surface area contributed by atoms with Crippen LogP contribution in [0.15, 0.2) is 0 Å². The molecule has 1 radical (unpaired) electrons. The van der Waals surface area contributed by atoms with Gasteiger partial charge in [-0.15, -0.1) is 26.2 Å². The fraction of sp³-hybridized carbons (Fsp3) is 1.00. The van der Waals surface area contributed by atoms with Gasteiger partial charge in [-0.25, -0.2) is 0 Å². The van der Waals surface area contributed by atoms with Gasteiger partial charge in [-0.1, -0.05) is 35.4 Å².